The van der Waals surface area contributed by atoms with Gasteiger partial charge in [-0.05, 0) is 73.0 Å². The van der Waals surface area contributed by atoms with E-state index in [1.165, 1.54) is 17.2 Å². The number of alkyl halides is 3. The van der Waals surface area contributed by atoms with Crippen molar-refractivity contribution < 1.29 is 28.2 Å². The van der Waals surface area contributed by atoms with Crippen LogP contribution >= 0.6 is 0 Å². The smallest absolute Gasteiger partial charge is 0.399 e. The van der Waals surface area contributed by atoms with Crippen molar-refractivity contribution in [1.29, 1.82) is 0 Å². The molecule has 0 spiro atoms. The largest absolute Gasteiger partial charge is 0.436 e. The number of aliphatic hydroxyl groups excluding tert-OH is 2. The second-order valence-corrected chi connectivity index (χ2v) is 9.98. The molecular formula is C27H36F3NO3. The molecule has 34 heavy (non-hydrogen) atoms. The van der Waals surface area contributed by atoms with E-state index in [1.807, 2.05) is 6.08 Å². The van der Waals surface area contributed by atoms with Crippen LogP contribution in [-0.2, 0) is 4.84 Å². The predicted octanol–water partition coefficient (Wildman–Crippen LogP) is 6.19. The molecule has 0 aromatic heterocycles. The van der Waals surface area contributed by atoms with Crippen LogP contribution in [0.15, 0.2) is 64.4 Å². The highest BCUT2D eigenvalue weighted by atomic mass is 19.4. The van der Waals surface area contributed by atoms with Crippen LogP contribution in [0.2, 0.25) is 0 Å². The zero-order chi connectivity index (χ0) is 25.1. The standard InChI is InChI=1S/C27H36F3NO3/c1-17(7-5-9-25(31-34-4)27(28,29)30)22-12-13-23-19(8-6-14-26(22,23)3)10-11-20-15-21(32)16-24(33)18(20)2/h5,9-12,17,21,23-24,32-33H,2,6-8,13-16H2,1,3-4H3/b9-5+,19-10+,20-11-,31-25+/t17-,21-,23+,24+,26-/m1/s1. The first-order valence-corrected chi connectivity index (χ1v) is 12.0. The summed E-state index contributed by atoms with van der Waals surface area (Å²) in [5.74, 6) is 0.469. The van der Waals surface area contributed by atoms with Gasteiger partial charge in [-0.2, -0.15) is 13.2 Å². The van der Waals surface area contributed by atoms with Gasteiger partial charge < -0.3 is 15.1 Å². The zero-order valence-corrected chi connectivity index (χ0v) is 20.2. The summed E-state index contributed by atoms with van der Waals surface area (Å²) in [6.45, 7) is 8.34. The Bertz CT molecular complexity index is 928. The second kappa shape index (κ2) is 10.6. The van der Waals surface area contributed by atoms with Crippen LogP contribution in [0.1, 0.15) is 58.8 Å². The van der Waals surface area contributed by atoms with Gasteiger partial charge in [0.05, 0.1) is 12.2 Å². The molecule has 3 rings (SSSR count). The summed E-state index contributed by atoms with van der Waals surface area (Å²) in [6, 6.07) is 0. The average Bonchev–Trinajstić information content (AvgIpc) is 3.11. The highest BCUT2D eigenvalue weighted by molar-refractivity contribution is 5.99. The molecule has 0 aromatic rings. The molecule has 0 heterocycles. The van der Waals surface area contributed by atoms with E-state index < -0.39 is 24.1 Å². The van der Waals surface area contributed by atoms with E-state index in [-0.39, 0.29) is 11.3 Å². The number of allylic oxidation sites excluding steroid dienone is 7. The van der Waals surface area contributed by atoms with E-state index in [4.69, 9.17) is 0 Å². The maximum absolute atomic E-state index is 13.0. The normalized spacial score (nSPS) is 34.0. The molecule has 2 N–H and O–H groups in total. The topological polar surface area (TPSA) is 62.0 Å². The number of nitrogens with zero attached hydrogens (tertiary/aromatic N) is 1. The lowest BCUT2D eigenvalue weighted by Crippen LogP contribution is -2.32. The molecule has 2 fully saturated rings. The van der Waals surface area contributed by atoms with Gasteiger partial charge in [-0.3, -0.25) is 0 Å². The molecule has 0 aliphatic heterocycles. The summed E-state index contributed by atoms with van der Waals surface area (Å²) in [5, 5.41) is 23.2. The molecular weight excluding hydrogens is 443 g/mol. The van der Waals surface area contributed by atoms with Crippen molar-refractivity contribution in [2.45, 2.75) is 77.2 Å². The molecule has 3 aliphatic rings. The van der Waals surface area contributed by atoms with Crippen molar-refractivity contribution in [3.8, 4) is 0 Å². The van der Waals surface area contributed by atoms with Crippen LogP contribution in [0.3, 0.4) is 0 Å². The number of aliphatic hydroxyl groups is 2. The predicted molar refractivity (Wildman–Crippen MR) is 128 cm³/mol. The number of fused-ring (bicyclic) bond motifs is 1. The highest BCUT2D eigenvalue weighted by Gasteiger charge is 2.45. The van der Waals surface area contributed by atoms with Crippen molar-refractivity contribution >= 4 is 5.71 Å². The number of halogens is 3. The Morgan fingerprint density at radius 1 is 1.35 bits per heavy atom. The van der Waals surface area contributed by atoms with Crippen LogP contribution in [0, 0.1) is 17.3 Å². The summed E-state index contributed by atoms with van der Waals surface area (Å²) in [7, 11) is 1.10. The first-order chi connectivity index (χ1) is 16.0. The Hall–Kier alpha value is -2.12. The fourth-order valence-corrected chi connectivity index (χ4v) is 5.87. The number of oxime groups is 1. The second-order valence-electron chi connectivity index (χ2n) is 9.98. The van der Waals surface area contributed by atoms with Crippen molar-refractivity contribution in [1.82, 2.24) is 0 Å². The van der Waals surface area contributed by atoms with Crippen molar-refractivity contribution in [2.75, 3.05) is 7.11 Å². The molecule has 5 atom stereocenters. The summed E-state index contributed by atoms with van der Waals surface area (Å²) in [4.78, 5) is 4.33. The molecule has 0 saturated heterocycles. The van der Waals surface area contributed by atoms with Gasteiger partial charge in [0.2, 0.25) is 0 Å². The third kappa shape index (κ3) is 5.74. The third-order valence-corrected chi connectivity index (χ3v) is 7.65. The van der Waals surface area contributed by atoms with Gasteiger partial charge in [0.25, 0.3) is 0 Å². The minimum absolute atomic E-state index is 0.0219. The fraction of sp³-hybridized carbons (Fsp3) is 0.593. The first kappa shape index (κ1) is 26.5. The maximum atomic E-state index is 13.0. The van der Waals surface area contributed by atoms with Gasteiger partial charge in [-0.25, -0.2) is 0 Å². The Morgan fingerprint density at radius 3 is 2.76 bits per heavy atom. The minimum Gasteiger partial charge on any atom is -0.399 e. The Balaban J connectivity index is 1.73. The molecule has 188 valence electrons. The van der Waals surface area contributed by atoms with Crippen molar-refractivity contribution in [3.63, 3.8) is 0 Å². The summed E-state index contributed by atoms with van der Waals surface area (Å²) in [6.07, 6.45) is 8.48. The van der Waals surface area contributed by atoms with Crippen LogP contribution in [0.25, 0.3) is 0 Å². The first-order valence-electron chi connectivity index (χ1n) is 12.0. The fourth-order valence-electron chi connectivity index (χ4n) is 5.87. The van der Waals surface area contributed by atoms with E-state index in [2.05, 4.69) is 42.6 Å². The molecule has 0 amide bonds. The number of rotatable bonds is 6. The number of hydrogen-bond acceptors (Lipinski definition) is 4. The highest BCUT2D eigenvalue weighted by Crippen LogP contribution is 2.57. The van der Waals surface area contributed by atoms with Gasteiger partial charge in [0, 0.05) is 6.42 Å². The maximum Gasteiger partial charge on any atom is 0.436 e. The van der Waals surface area contributed by atoms with Crippen LogP contribution in [0.5, 0.6) is 0 Å². The third-order valence-electron chi connectivity index (χ3n) is 7.65. The lowest BCUT2D eigenvalue weighted by molar-refractivity contribution is -0.0604. The lowest BCUT2D eigenvalue weighted by atomic mass is 9.62. The van der Waals surface area contributed by atoms with Crippen LogP contribution < -0.4 is 0 Å². The minimum atomic E-state index is -4.55. The number of hydrogen-bond donors (Lipinski definition) is 2. The van der Waals surface area contributed by atoms with Gasteiger partial charge in [-0.1, -0.05) is 61.0 Å². The quantitative estimate of drug-likeness (QED) is 0.271. The molecule has 0 aromatic carbocycles. The van der Waals surface area contributed by atoms with Crippen LogP contribution in [-0.4, -0.2) is 41.4 Å². The summed E-state index contributed by atoms with van der Waals surface area (Å²) in [5.41, 5.74) is 3.18. The molecule has 0 unspecified atom stereocenters. The Morgan fingerprint density at radius 2 is 2.09 bits per heavy atom. The van der Waals surface area contributed by atoms with E-state index >= 15 is 0 Å². The van der Waals surface area contributed by atoms with Crippen LogP contribution in [0.4, 0.5) is 13.2 Å². The Labute approximate surface area is 200 Å². The van der Waals surface area contributed by atoms with E-state index in [0.717, 1.165) is 44.4 Å². The van der Waals surface area contributed by atoms with E-state index in [1.54, 1.807) is 0 Å². The van der Waals surface area contributed by atoms with Crippen molar-refractivity contribution in [2.24, 2.45) is 22.4 Å². The van der Waals surface area contributed by atoms with E-state index in [0.29, 0.717) is 30.8 Å². The molecule has 0 bridgehead atoms. The summed E-state index contributed by atoms with van der Waals surface area (Å²) < 4.78 is 39.0. The van der Waals surface area contributed by atoms with Gasteiger partial charge in [0.1, 0.15) is 7.11 Å². The molecule has 3 aliphatic carbocycles. The van der Waals surface area contributed by atoms with E-state index in [9.17, 15) is 23.4 Å². The monoisotopic (exact) mass is 479 g/mol. The Kier molecular flexibility index (Phi) is 8.30. The SMILES string of the molecule is C=C1/C(=C\C=C2/CCC[C@]3(C)C([C@H](C)C/C=C/C(=N\OC)C(F)(F)F)=CC[C@@H]23)C[C@@H](O)C[C@@H]1O. The molecule has 7 heteroatoms. The van der Waals surface area contributed by atoms with Gasteiger partial charge in [0.15, 0.2) is 5.71 Å². The van der Waals surface area contributed by atoms with Crippen molar-refractivity contribution in [3.05, 3.63) is 59.3 Å². The average molecular weight is 480 g/mol. The lowest BCUT2D eigenvalue weighted by Gasteiger charge is -2.42. The molecule has 2 saturated carbocycles. The summed E-state index contributed by atoms with van der Waals surface area (Å²) >= 11 is 0. The molecule has 4 nitrogen and oxygen atoms in total. The van der Waals surface area contributed by atoms with Gasteiger partial charge >= 0.3 is 6.18 Å². The zero-order valence-electron chi connectivity index (χ0n) is 20.2. The molecule has 0 radical (unpaired) electrons. The van der Waals surface area contributed by atoms with Gasteiger partial charge in [-0.15, -0.1) is 0 Å².